The Labute approximate surface area is 179 Å². The van der Waals surface area contributed by atoms with Crippen molar-refractivity contribution in [1.29, 1.82) is 0 Å². The molecule has 0 N–H and O–H groups in total. The van der Waals surface area contributed by atoms with E-state index in [2.05, 4.69) is 9.88 Å². The molecule has 2 fully saturated rings. The second-order valence-corrected chi connectivity index (χ2v) is 9.21. The summed E-state index contributed by atoms with van der Waals surface area (Å²) in [6.45, 7) is 6.68. The lowest BCUT2D eigenvalue weighted by atomic mass is 10.0. The van der Waals surface area contributed by atoms with Gasteiger partial charge in [-0.2, -0.15) is 0 Å². The molecule has 0 saturated carbocycles. The molecule has 0 unspecified atom stereocenters. The van der Waals surface area contributed by atoms with Crippen molar-refractivity contribution in [3.8, 4) is 0 Å². The monoisotopic (exact) mass is 420 g/mol. The molecule has 30 heavy (non-hydrogen) atoms. The van der Waals surface area contributed by atoms with Crippen molar-refractivity contribution >= 4 is 33.4 Å². The van der Waals surface area contributed by atoms with Crippen LogP contribution < -0.4 is 0 Å². The highest BCUT2D eigenvalue weighted by atomic mass is 32.1. The number of aryl methyl sites for hydroxylation is 1. The number of hydrogen-bond donors (Lipinski definition) is 0. The molecule has 0 aliphatic carbocycles. The van der Waals surface area contributed by atoms with E-state index in [1.165, 1.54) is 0 Å². The second-order valence-electron chi connectivity index (χ2n) is 7.97. The number of carbonyl (C=O) groups is 2. The van der Waals surface area contributed by atoms with Crippen LogP contribution in [0.2, 0.25) is 0 Å². The van der Waals surface area contributed by atoms with Gasteiger partial charge in [0.05, 0.1) is 15.2 Å². The summed E-state index contributed by atoms with van der Waals surface area (Å²) in [4.78, 5) is 36.2. The van der Waals surface area contributed by atoms with Crippen molar-refractivity contribution in [1.82, 2.24) is 19.7 Å². The van der Waals surface area contributed by atoms with Gasteiger partial charge in [-0.15, -0.1) is 11.3 Å². The molecule has 2 aliphatic heterocycles. The average Bonchev–Trinajstić information content (AvgIpc) is 3.12. The molecular weight excluding hydrogens is 396 g/mol. The van der Waals surface area contributed by atoms with Crippen LogP contribution in [0.3, 0.4) is 0 Å². The minimum absolute atomic E-state index is 0.0945. The van der Waals surface area contributed by atoms with Gasteiger partial charge in [0.1, 0.15) is 0 Å². The third-order valence-corrected chi connectivity index (χ3v) is 6.96. The van der Waals surface area contributed by atoms with Crippen molar-refractivity contribution in [3.05, 3.63) is 64.7 Å². The first-order valence-corrected chi connectivity index (χ1v) is 11.1. The van der Waals surface area contributed by atoms with E-state index in [4.69, 9.17) is 0 Å². The van der Waals surface area contributed by atoms with Crippen LogP contribution in [0.15, 0.2) is 48.5 Å². The number of fused-ring (bicyclic) bond motifs is 1. The molecule has 0 spiro atoms. The Hall–Kier alpha value is -2.77. The Morgan fingerprint density at radius 2 is 1.60 bits per heavy atom. The number of aromatic nitrogens is 1. The van der Waals surface area contributed by atoms with E-state index in [-0.39, 0.29) is 11.8 Å². The Morgan fingerprint density at radius 1 is 0.900 bits per heavy atom. The van der Waals surface area contributed by atoms with Gasteiger partial charge < -0.3 is 9.80 Å². The van der Waals surface area contributed by atoms with Crippen LogP contribution in [0.25, 0.3) is 10.2 Å². The van der Waals surface area contributed by atoms with Crippen LogP contribution >= 0.6 is 11.3 Å². The van der Waals surface area contributed by atoms with Gasteiger partial charge in [0.2, 0.25) is 0 Å². The van der Waals surface area contributed by atoms with Gasteiger partial charge in [0.25, 0.3) is 11.8 Å². The van der Waals surface area contributed by atoms with Gasteiger partial charge in [-0.3, -0.25) is 14.5 Å². The number of nitrogens with zero attached hydrogens (tertiary/aromatic N) is 4. The summed E-state index contributed by atoms with van der Waals surface area (Å²) in [5, 5.41) is 1.02. The lowest BCUT2D eigenvalue weighted by Gasteiger charge is -2.48. The average molecular weight is 421 g/mol. The second kappa shape index (κ2) is 7.81. The summed E-state index contributed by atoms with van der Waals surface area (Å²) in [5.74, 6) is 0.200. The quantitative estimate of drug-likeness (QED) is 0.654. The molecule has 154 valence electrons. The van der Waals surface area contributed by atoms with Crippen LogP contribution in [0.1, 0.15) is 25.7 Å². The van der Waals surface area contributed by atoms with Crippen molar-refractivity contribution in [3.63, 3.8) is 0 Å². The molecule has 2 amide bonds. The number of rotatable bonds is 3. The predicted molar refractivity (Wildman–Crippen MR) is 118 cm³/mol. The molecule has 0 bridgehead atoms. The molecule has 0 atom stereocenters. The van der Waals surface area contributed by atoms with Crippen LogP contribution in [0.5, 0.6) is 0 Å². The number of carbonyl (C=O) groups excluding carboxylic acids is 2. The van der Waals surface area contributed by atoms with Crippen molar-refractivity contribution in [2.24, 2.45) is 0 Å². The highest BCUT2D eigenvalue weighted by molar-refractivity contribution is 7.18. The number of benzene rings is 2. The fourth-order valence-corrected chi connectivity index (χ4v) is 5.13. The zero-order valence-corrected chi connectivity index (χ0v) is 17.8. The number of hydrogen-bond acceptors (Lipinski definition) is 5. The van der Waals surface area contributed by atoms with Crippen molar-refractivity contribution < 1.29 is 9.59 Å². The van der Waals surface area contributed by atoms with E-state index in [1.54, 1.807) is 11.3 Å². The fourth-order valence-electron chi connectivity index (χ4n) is 4.26. The highest BCUT2D eigenvalue weighted by Gasteiger charge is 2.37. The zero-order chi connectivity index (χ0) is 20.7. The Kier molecular flexibility index (Phi) is 5.00. The van der Waals surface area contributed by atoms with Crippen LogP contribution in [0, 0.1) is 6.92 Å². The molecule has 7 heteroatoms. The molecule has 1 aromatic heterocycles. The maximum atomic E-state index is 12.8. The van der Waals surface area contributed by atoms with Gasteiger partial charge in [0.15, 0.2) is 0 Å². The van der Waals surface area contributed by atoms with E-state index in [9.17, 15) is 9.59 Å². The summed E-state index contributed by atoms with van der Waals surface area (Å²) >= 11 is 1.62. The van der Waals surface area contributed by atoms with Crippen molar-refractivity contribution in [2.75, 3.05) is 39.3 Å². The minimum atomic E-state index is 0.0945. The number of piperazine rings is 1. The Bertz CT molecular complexity index is 1080. The topological polar surface area (TPSA) is 56.8 Å². The Morgan fingerprint density at radius 3 is 2.33 bits per heavy atom. The fraction of sp³-hybridized carbons (Fsp3) is 0.348. The maximum absolute atomic E-state index is 12.8. The molecule has 6 nitrogen and oxygen atoms in total. The van der Waals surface area contributed by atoms with Crippen molar-refractivity contribution in [2.45, 2.75) is 13.0 Å². The SMILES string of the molecule is Cc1nc2ccc(C(=O)N3CC(N4CCN(C(=O)c5ccccc5)CC4)C3)cc2s1. The van der Waals surface area contributed by atoms with E-state index in [0.717, 1.165) is 65.6 Å². The van der Waals surface area contributed by atoms with Crippen LogP contribution in [-0.2, 0) is 0 Å². The van der Waals surface area contributed by atoms with Gasteiger partial charge in [-0.25, -0.2) is 4.98 Å². The number of amides is 2. The smallest absolute Gasteiger partial charge is 0.254 e. The number of likely N-dealkylation sites (tertiary alicyclic amines) is 1. The summed E-state index contributed by atoms with van der Waals surface area (Å²) < 4.78 is 1.06. The van der Waals surface area contributed by atoms with E-state index in [0.29, 0.717) is 6.04 Å². The minimum Gasteiger partial charge on any atom is -0.336 e. The highest BCUT2D eigenvalue weighted by Crippen LogP contribution is 2.25. The largest absolute Gasteiger partial charge is 0.336 e. The molecular formula is C23H24N4O2S. The first-order valence-electron chi connectivity index (χ1n) is 10.3. The molecule has 2 saturated heterocycles. The third kappa shape index (κ3) is 3.59. The maximum Gasteiger partial charge on any atom is 0.254 e. The van der Waals surface area contributed by atoms with Crippen LogP contribution in [0.4, 0.5) is 0 Å². The van der Waals surface area contributed by atoms with E-state index < -0.39 is 0 Å². The molecule has 0 radical (unpaired) electrons. The molecule has 3 heterocycles. The zero-order valence-electron chi connectivity index (χ0n) is 17.0. The first-order chi connectivity index (χ1) is 14.6. The van der Waals surface area contributed by atoms with E-state index >= 15 is 0 Å². The number of thiazole rings is 1. The third-order valence-electron chi connectivity index (χ3n) is 6.03. The molecule has 3 aromatic rings. The predicted octanol–water partition coefficient (Wildman–Crippen LogP) is 2.89. The molecule has 2 aliphatic rings. The summed E-state index contributed by atoms with van der Waals surface area (Å²) in [7, 11) is 0. The summed E-state index contributed by atoms with van der Waals surface area (Å²) in [6, 6.07) is 15.6. The normalized spacial score (nSPS) is 17.9. The van der Waals surface area contributed by atoms with Gasteiger partial charge in [-0.05, 0) is 37.3 Å². The first kappa shape index (κ1) is 19.2. The lowest BCUT2D eigenvalue weighted by Crippen LogP contribution is -2.64. The summed E-state index contributed by atoms with van der Waals surface area (Å²) in [5.41, 5.74) is 2.45. The van der Waals surface area contributed by atoms with Gasteiger partial charge in [-0.1, -0.05) is 18.2 Å². The van der Waals surface area contributed by atoms with Crippen LogP contribution in [-0.4, -0.2) is 76.8 Å². The standard InChI is InChI=1S/C23H24N4O2S/c1-16-24-20-8-7-18(13-21(20)30-16)23(29)27-14-19(15-27)25-9-11-26(12-10-25)22(28)17-5-3-2-4-6-17/h2-8,13,19H,9-12,14-15H2,1H3. The molecule has 2 aromatic carbocycles. The summed E-state index contributed by atoms with van der Waals surface area (Å²) in [6.07, 6.45) is 0. The van der Waals surface area contributed by atoms with E-state index in [1.807, 2.05) is 65.3 Å². The lowest BCUT2D eigenvalue weighted by molar-refractivity contribution is 0.00855. The van der Waals surface area contributed by atoms with Gasteiger partial charge >= 0.3 is 0 Å². The Balaban J connectivity index is 1.14. The van der Waals surface area contributed by atoms with Gasteiger partial charge in [0, 0.05) is 56.4 Å². The molecule has 5 rings (SSSR count).